The van der Waals surface area contributed by atoms with Gasteiger partial charge in [-0.3, -0.25) is 4.68 Å². The van der Waals surface area contributed by atoms with Crippen molar-refractivity contribution >= 4 is 0 Å². The fraction of sp³-hybridized carbons (Fsp3) is 0.0476. The molecule has 0 radical (unpaired) electrons. The standard InChI is InChI=1S/C21H17N3/c1-24-15-21(22-23-24)20-9-5-8-19(14-20)18-12-10-17(11-13-18)16-6-3-2-4-7-16/h2-15H,1H3. The highest BCUT2D eigenvalue weighted by Gasteiger charge is 2.05. The number of nitrogens with zero attached hydrogens (tertiary/aromatic N) is 3. The monoisotopic (exact) mass is 311 g/mol. The van der Waals surface area contributed by atoms with Crippen LogP contribution in [0.3, 0.4) is 0 Å². The maximum Gasteiger partial charge on any atom is 0.113 e. The van der Waals surface area contributed by atoms with E-state index in [1.807, 2.05) is 19.3 Å². The zero-order valence-electron chi connectivity index (χ0n) is 13.4. The maximum atomic E-state index is 4.19. The SMILES string of the molecule is Cn1cc(-c2cccc(-c3ccc(-c4ccccc4)cc3)c2)nn1. The van der Waals surface area contributed by atoms with Crippen molar-refractivity contribution in [1.82, 2.24) is 15.0 Å². The van der Waals surface area contributed by atoms with Crippen molar-refractivity contribution in [2.45, 2.75) is 0 Å². The van der Waals surface area contributed by atoms with Crippen molar-refractivity contribution in [2.75, 3.05) is 0 Å². The van der Waals surface area contributed by atoms with Crippen LogP contribution in [0.15, 0.2) is 85.1 Å². The van der Waals surface area contributed by atoms with Crippen molar-refractivity contribution in [2.24, 2.45) is 7.05 Å². The number of aromatic nitrogens is 3. The van der Waals surface area contributed by atoms with Crippen LogP contribution in [0.1, 0.15) is 0 Å². The third-order valence-corrected chi connectivity index (χ3v) is 4.09. The Labute approximate surface area is 141 Å². The predicted octanol–water partition coefficient (Wildman–Crippen LogP) is 4.82. The zero-order chi connectivity index (χ0) is 16.4. The average Bonchev–Trinajstić information content (AvgIpc) is 3.09. The maximum absolute atomic E-state index is 4.19. The quantitative estimate of drug-likeness (QED) is 0.543. The Hall–Kier alpha value is -3.20. The van der Waals surface area contributed by atoms with Gasteiger partial charge in [0.25, 0.3) is 0 Å². The normalized spacial score (nSPS) is 10.7. The van der Waals surface area contributed by atoms with Gasteiger partial charge in [0.2, 0.25) is 0 Å². The molecule has 116 valence electrons. The van der Waals surface area contributed by atoms with Crippen LogP contribution in [-0.2, 0) is 7.05 Å². The molecular weight excluding hydrogens is 294 g/mol. The molecule has 0 aliphatic rings. The molecule has 0 saturated heterocycles. The minimum absolute atomic E-state index is 0.889. The molecule has 3 heteroatoms. The molecule has 3 nitrogen and oxygen atoms in total. The molecule has 0 bridgehead atoms. The Bertz CT molecular complexity index is 954. The Morgan fingerprint density at radius 1 is 0.625 bits per heavy atom. The van der Waals surface area contributed by atoms with Gasteiger partial charge in [0, 0.05) is 12.6 Å². The van der Waals surface area contributed by atoms with E-state index in [-0.39, 0.29) is 0 Å². The first-order chi connectivity index (χ1) is 11.8. The van der Waals surface area contributed by atoms with E-state index in [0.29, 0.717) is 0 Å². The highest BCUT2D eigenvalue weighted by atomic mass is 15.4. The second-order valence-electron chi connectivity index (χ2n) is 5.80. The number of hydrogen-bond donors (Lipinski definition) is 0. The van der Waals surface area contributed by atoms with Gasteiger partial charge in [-0.2, -0.15) is 0 Å². The minimum atomic E-state index is 0.889. The molecule has 4 rings (SSSR count). The Balaban J connectivity index is 1.67. The van der Waals surface area contributed by atoms with Crippen molar-refractivity contribution in [3.05, 3.63) is 85.1 Å². The third kappa shape index (κ3) is 2.84. The smallest absolute Gasteiger partial charge is 0.113 e. The van der Waals surface area contributed by atoms with E-state index in [4.69, 9.17) is 0 Å². The molecule has 0 amide bonds. The van der Waals surface area contributed by atoms with Gasteiger partial charge in [-0.25, -0.2) is 0 Å². The Morgan fingerprint density at radius 3 is 1.88 bits per heavy atom. The lowest BCUT2D eigenvalue weighted by atomic mass is 9.99. The molecular formula is C21H17N3. The molecule has 0 aliphatic carbocycles. The predicted molar refractivity (Wildman–Crippen MR) is 97.3 cm³/mol. The summed E-state index contributed by atoms with van der Waals surface area (Å²) in [6.45, 7) is 0. The van der Waals surface area contributed by atoms with Crippen molar-refractivity contribution < 1.29 is 0 Å². The van der Waals surface area contributed by atoms with E-state index in [1.165, 1.54) is 22.3 Å². The second-order valence-corrected chi connectivity index (χ2v) is 5.80. The molecule has 0 atom stereocenters. The zero-order valence-corrected chi connectivity index (χ0v) is 13.4. The van der Waals surface area contributed by atoms with E-state index in [9.17, 15) is 0 Å². The number of hydrogen-bond acceptors (Lipinski definition) is 2. The van der Waals surface area contributed by atoms with Crippen molar-refractivity contribution in [3.8, 4) is 33.5 Å². The lowest BCUT2D eigenvalue weighted by Gasteiger charge is -2.06. The summed E-state index contributed by atoms with van der Waals surface area (Å²) in [5.74, 6) is 0. The highest BCUT2D eigenvalue weighted by molar-refractivity contribution is 5.73. The van der Waals surface area contributed by atoms with E-state index >= 15 is 0 Å². The van der Waals surface area contributed by atoms with Crippen LogP contribution in [0.2, 0.25) is 0 Å². The Kier molecular flexibility index (Phi) is 3.67. The number of rotatable bonds is 3. The molecule has 24 heavy (non-hydrogen) atoms. The second kappa shape index (κ2) is 6.13. The van der Waals surface area contributed by atoms with Crippen LogP contribution < -0.4 is 0 Å². The molecule has 1 heterocycles. The van der Waals surface area contributed by atoms with Crippen LogP contribution in [0, 0.1) is 0 Å². The first kappa shape index (κ1) is 14.4. The summed E-state index contributed by atoms with van der Waals surface area (Å²) in [5, 5.41) is 8.19. The van der Waals surface area contributed by atoms with Crippen molar-refractivity contribution in [1.29, 1.82) is 0 Å². The van der Waals surface area contributed by atoms with Gasteiger partial charge in [-0.1, -0.05) is 78.0 Å². The summed E-state index contributed by atoms with van der Waals surface area (Å²) in [7, 11) is 1.88. The summed E-state index contributed by atoms with van der Waals surface area (Å²) < 4.78 is 1.72. The van der Waals surface area contributed by atoms with Crippen LogP contribution in [0.25, 0.3) is 33.5 Å². The van der Waals surface area contributed by atoms with Gasteiger partial charge >= 0.3 is 0 Å². The minimum Gasteiger partial charge on any atom is -0.255 e. The van der Waals surface area contributed by atoms with Crippen LogP contribution >= 0.6 is 0 Å². The summed E-state index contributed by atoms with van der Waals surface area (Å²) in [4.78, 5) is 0. The fourth-order valence-electron chi connectivity index (χ4n) is 2.82. The average molecular weight is 311 g/mol. The third-order valence-electron chi connectivity index (χ3n) is 4.09. The molecule has 4 aromatic rings. The molecule has 0 unspecified atom stereocenters. The Morgan fingerprint density at radius 2 is 1.21 bits per heavy atom. The molecule has 1 aromatic heterocycles. The van der Waals surface area contributed by atoms with Crippen LogP contribution in [0.4, 0.5) is 0 Å². The summed E-state index contributed by atoms with van der Waals surface area (Å²) in [6, 6.07) is 27.5. The largest absolute Gasteiger partial charge is 0.255 e. The van der Waals surface area contributed by atoms with Gasteiger partial charge in [-0.05, 0) is 28.3 Å². The van der Waals surface area contributed by atoms with Gasteiger partial charge in [0.05, 0.1) is 6.20 Å². The van der Waals surface area contributed by atoms with Gasteiger partial charge in [0.15, 0.2) is 0 Å². The topological polar surface area (TPSA) is 30.7 Å². The summed E-state index contributed by atoms with van der Waals surface area (Å²) in [5.41, 5.74) is 6.80. The molecule has 3 aromatic carbocycles. The van der Waals surface area contributed by atoms with E-state index in [1.54, 1.807) is 4.68 Å². The molecule has 0 saturated carbocycles. The molecule has 0 aliphatic heterocycles. The number of benzene rings is 3. The molecule has 0 N–H and O–H groups in total. The van der Waals surface area contributed by atoms with Crippen LogP contribution in [0.5, 0.6) is 0 Å². The van der Waals surface area contributed by atoms with Crippen molar-refractivity contribution in [3.63, 3.8) is 0 Å². The van der Waals surface area contributed by atoms with E-state index in [2.05, 4.69) is 83.1 Å². The van der Waals surface area contributed by atoms with Gasteiger partial charge < -0.3 is 0 Å². The highest BCUT2D eigenvalue weighted by Crippen LogP contribution is 2.27. The first-order valence-corrected chi connectivity index (χ1v) is 7.92. The fourth-order valence-corrected chi connectivity index (χ4v) is 2.82. The summed E-state index contributed by atoms with van der Waals surface area (Å²) >= 11 is 0. The first-order valence-electron chi connectivity index (χ1n) is 7.92. The molecule has 0 fully saturated rings. The summed E-state index contributed by atoms with van der Waals surface area (Å²) in [6.07, 6.45) is 1.93. The lowest BCUT2D eigenvalue weighted by molar-refractivity contribution is 0.715. The lowest BCUT2D eigenvalue weighted by Crippen LogP contribution is -1.85. The van der Waals surface area contributed by atoms with Crippen LogP contribution in [-0.4, -0.2) is 15.0 Å². The molecule has 0 spiro atoms. The van der Waals surface area contributed by atoms with Gasteiger partial charge in [-0.15, -0.1) is 5.10 Å². The van der Waals surface area contributed by atoms with Gasteiger partial charge in [0.1, 0.15) is 5.69 Å². The number of aryl methyl sites for hydroxylation is 1. The van der Waals surface area contributed by atoms with E-state index < -0.39 is 0 Å². The van der Waals surface area contributed by atoms with E-state index in [0.717, 1.165) is 11.3 Å².